The van der Waals surface area contributed by atoms with Gasteiger partial charge in [0.25, 0.3) is 0 Å². The van der Waals surface area contributed by atoms with E-state index < -0.39 is 0 Å². The van der Waals surface area contributed by atoms with Crippen molar-refractivity contribution in [3.8, 4) is 0 Å². The number of aromatic amines is 2. The van der Waals surface area contributed by atoms with Crippen molar-refractivity contribution in [1.29, 1.82) is 0 Å². The van der Waals surface area contributed by atoms with E-state index >= 15 is 0 Å². The predicted octanol–water partition coefficient (Wildman–Crippen LogP) is 1.99. The molecular weight excluding hydrogens is 264 g/mol. The molecule has 0 amide bonds. The van der Waals surface area contributed by atoms with Crippen LogP contribution in [0.2, 0.25) is 0 Å². The van der Waals surface area contributed by atoms with E-state index in [-0.39, 0.29) is 5.69 Å². The molecule has 1 aliphatic heterocycles. The van der Waals surface area contributed by atoms with Crippen LogP contribution in [-0.4, -0.2) is 41.0 Å². The molecule has 1 aromatic carbocycles. The van der Waals surface area contributed by atoms with Crippen molar-refractivity contribution in [2.75, 3.05) is 26.2 Å². The molecule has 0 bridgehead atoms. The Hall–Kier alpha value is -1.59. The van der Waals surface area contributed by atoms with E-state index in [1.807, 2.05) is 12.1 Å². The Morgan fingerprint density at radius 2 is 2.00 bits per heavy atom. The van der Waals surface area contributed by atoms with Crippen molar-refractivity contribution in [2.45, 2.75) is 32.2 Å². The van der Waals surface area contributed by atoms with E-state index in [9.17, 15) is 4.79 Å². The highest BCUT2D eigenvalue weighted by atomic mass is 16.1. The fourth-order valence-corrected chi connectivity index (χ4v) is 3.06. The molecule has 21 heavy (non-hydrogen) atoms. The Balaban J connectivity index is 1.51. The van der Waals surface area contributed by atoms with Crippen LogP contribution < -0.4 is 11.0 Å². The van der Waals surface area contributed by atoms with Gasteiger partial charge in [-0.25, -0.2) is 4.79 Å². The lowest BCUT2D eigenvalue weighted by molar-refractivity contribution is 0.328. The van der Waals surface area contributed by atoms with Gasteiger partial charge in [-0.2, -0.15) is 0 Å². The maximum atomic E-state index is 11.3. The number of hydrogen-bond donors (Lipinski definition) is 3. The number of benzene rings is 1. The van der Waals surface area contributed by atoms with Gasteiger partial charge in [-0.3, -0.25) is 0 Å². The Kier molecular flexibility index (Phi) is 4.41. The number of hydrogen-bond acceptors (Lipinski definition) is 3. The van der Waals surface area contributed by atoms with Crippen molar-refractivity contribution >= 4 is 11.0 Å². The molecule has 3 rings (SSSR count). The third-order valence-corrected chi connectivity index (χ3v) is 4.34. The van der Waals surface area contributed by atoms with Crippen molar-refractivity contribution in [2.24, 2.45) is 0 Å². The minimum atomic E-state index is -0.145. The molecule has 0 aliphatic carbocycles. The Bertz CT molecular complexity index is 639. The van der Waals surface area contributed by atoms with Crippen molar-refractivity contribution in [1.82, 2.24) is 20.2 Å². The number of imidazole rings is 1. The molecule has 0 saturated carbocycles. The van der Waals surface area contributed by atoms with E-state index in [4.69, 9.17) is 0 Å². The molecule has 114 valence electrons. The first kappa shape index (κ1) is 14.4. The summed E-state index contributed by atoms with van der Waals surface area (Å²) in [6.07, 6.45) is 3.91. The van der Waals surface area contributed by atoms with Crippen molar-refractivity contribution < 1.29 is 0 Å². The first-order valence-corrected chi connectivity index (χ1v) is 7.90. The SMILES string of the molecule is CC(NCCCN1CCCC1)c1ccc2[nH]c(=O)[nH]c2c1. The summed E-state index contributed by atoms with van der Waals surface area (Å²) in [5, 5.41) is 3.57. The van der Waals surface area contributed by atoms with E-state index in [0.717, 1.165) is 17.6 Å². The lowest BCUT2D eigenvalue weighted by atomic mass is 10.1. The average molecular weight is 288 g/mol. The molecular formula is C16H24N4O. The highest BCUT2D eigenvalue weighted by molar-refractivity contribution is 5.75. The minimum Gasteiger partial charge on any atom is -0.310 e. The van der Waals surface area contributed by atoms with Crippen LogP contribution in [0, 0.1) is 0 Å². The van der Waals surface area contributed by atoms with E-state index in [1.165, 1.54) is 44.5 Å². The van der Waals surface area contributed by atoms with Gasteiger partial charge in [0.05, 0.1) is 11.0 Å². The van der Waals surface area contributed by atoms with Gasteiger partial charge >= 0.3 is 5.69 Å². The summed E-state index contributed by atoms with van der Waals surface area (Å²) >= 11 is 0. The highest BCUT2D eigenvalue weighted by Crippen LogP contribution is 2.17. The topological polar surface area (TPSA) is 63.9 Å². The smallest absolute Gasteiger partial charge is 0.310 e. The van der Waals surface area contributed by atoms with Gasteiger partial charge in [-0.1, -0.05) is 6.07 Å². The number of nitrogens with one attached hydrogen (secondary N) is 3. The van der Waals surface area contributed by atoms with Crippen LogP contribution in [0.1, 0.15) is 37.8 Å². The number of aromatic nitrogens is 2. The number of fused-ring (bicyclic) bond motifs is 1. The van der Waals surface area contributed by atoms with Crippen LogP contribution >= 0.6 is 0 Å². The number of nitrogens with zero attached hydrogens (tertiary/aromatic N) is 1. The summed E-state index contributed by atoms with van der Waals surface area (Å²) in [7, 11) is 0. The number of likely N-dealkylation sites (tertiary alicyclic amines) is 1. The molecule has 1 unspecified atom stereocenters. The van der Waals surface area contributed by atoms with E-state index in [2.05, 4.69) is 33.2 Å². The summed E-state index contributed by atoms with van der Waals surface area (Å²) in [6, 6.07) is 6.38. The zero-order chi connectivity index (χ0) is 14.7. The maximum absolute atomic E-state index is 11.3. The van der Waals surface area contributed by atoms with Crippen LogP contribution in [0.3, 0.4) is 0 Å². The van der Waals surface area contributed by atoms with Crippen LogP contribution in [0.25, 0.3) is 11.0 Å². The molecule has 0 radical (unpaired) electrons. The molecule has 3 N–H and O–H groups in total. The molecule has 5 heteroatoms. The quantitative estimate of drug-likeness (QED) is 0.712. The molecule has 2 aromatic rings. The largest absolute Gasteiger partial charge is 0.323 e. The average Bonchev–Trinajstić information content (AvgIpc) is 3.10. The Morgan fingerprint density at radius 1 is 1.24 bits per heavy atom. The molecule has 5 nitrogen and oxygen atoms in total. The monoisotopic (exact) mass is 288 g/mol. The lowest BCUT2D eigenvalue weighted by Crippen LogP contribution is -2.26. The van der Waals surface area contributed by atoms with Crippen LogP contribution in [0.15, 0.2) is 23.0 Å². The van der Waals surface area contributed by atoms with Crippen LogP contribution in [-0.2, 0) is 0 Å². The molecule has 2 heterocycles. The summed E-state index contributed by atoms with van der Waals surface area (Å²) in [6.45, 7) is 6.94. The van der Waals surface area contributed by atoms with E-state index in [0.29, 0.717) is 6.04 Å². The third kappa shape index (κ3) is 3.54. The van der Waals surface area contributed by atoms with Gasteiger partial charge in [0, 0.05) is 6.04 Å². The molecule has 1 saturated heterocycles. The van der Waals surface area contributed by atoms with E-state index in [1.54, 1.807) is 0 Å². The second kappa shape index (κ2) is 6.45. The van der Waals surface area contributed by atoms with Gasteiger partial charge in [-0.15, -0.1) is 0 Å². The fourth-order valence-electron chi connectivity index (χ4n) is 3.06. The van der Waals surface area contributed by atoms with Gasteiger partial charge < -0.3 is 20.2 Å². The summed E-state index contributed by atoms with van der Waals surface area (Å²) in [5.41, 5.74) is 2.81. The first-order chi connectivity index (χ1) is 10.2. The van der Waals surface area contributed by atoms with Crippen molar-refractivity contribution in [3.63, 3.8) is 0 Å². The number of H-pyrrole nitrogens is 2. The molecule has 1 fully saturated rings. The number of rotatable bonds is 6. The van der Waals surface area contributed by atoms with Gasteiger partial charge in [0.1, 0.15) is 0 Å². The summed E-state index contributed by atoms with van der Waals surface area (Å²) < 4.78 is 0. The Morgan fingerprint density at radius 3 is 2.81 bits per heavy atom. The second-order valence-corrected chi connectivity index (χ2v) is 5.96. The molecule has 1 aromatic heterocycles. The van der Waals surface area contributed by atoms with Gasteiger partial charge in [0.2, 0.25) is 0 Å². The normalized spacial score (nSPS) is 17.6. The van der Waals surface area contributed by atoms with Gasteiger partial charge in [0.15, 0.2) is 0 Å². The third-order valence-electron chi connectivity index (χ3n) is 4.34. The standard InChI is InChI=1S/C16H24N4O/c1-12(17-7-4-10-20-8-2-3-9-20)13-5-6-14-15(11-13)19-16(21)18-14/h5-6,11-12,17H,2-4,7-10H2,1H3,(H2,18,19,21). The lowest BCUT2D eigenvalue weighted by Gasteiger charge is -2.17. The van der Waals surface area contributed by atoms with Crippen LogP contribution in [0.5, 0.6) is 0 Å². The summed E-state index contributed by atoms with van der Waals surface area (Å²) in [4.78, 5) is 19.4. The second-order valence-electron chi connectivity index (χ2n) is 5.96. The predicted molar refractivity (Wildman–Crippen MR) is 85.6 cm³/mol. The molecule has 1 aliphatic rings. The van der Waals surface area contributed by atoms with Gasteiger partial charge in [-0.05, 0) is 70.1 Å². The first-order valence-electron chi connectivity index (χ1n) is 7.90. The Labute approximate surface area is 124 Å². The fraction of sp³-hybridized carbons (Fsp3) is 0.562. The minimum absolute atomic E-state index is 0.145. The summed E-state index contributed by atoms with van der Waals surface area (Å²) in [5.74, 6) is 0. The zero-order valence-electron chi connectivity index (χ0n) is 12.6. The maximum Gasteiger partial charge on any atom is 0.323 e. The molecule has 0 spiro atoms. The van der Waals surface area contributed by atoms with Crippen molar-refractivity contribution in [3.05, 3.63) is 34.2 Å². The highest BCUT2D eigenvalue weighted by Gasteiger charge is 2.11. The zero-order valence-corrected chi connectivity index (χ0v) is 12.6. The van der Waals surface area contributed by atoms with Crippen LogP contribution in [0.4, 0.5) is 0 Å². The molecule has 1 atom stereocenters.